The molecule has 2 rings (SSSR count). The Morgan fingerprint density at radius 1 is 1.47 bits per heavy atom. The summed E-state index contributed by atoms with van der Waals surface area (Å²) in [7, 11) is 0. The lowest BCUT2D eigenvalue weighted by Crippen LogP contribution is -2.45. The Bertz CT molecular complexity index is 485. The molecular formula is C13H17NO4S. The van der Waals surface area contributed by atoms with Crippen molar-refractivity contribution in [3.63, 3.8) is 0 Å². The number of aliphatic carboxylic acids is 1. The van der Waals surface area contributed by atoms with Gasteiger partial charge in [-0.1, -0.05) is 13.8 Å². The fourth-order valence-corrected chi connectivity index (χ4v) is 3.50. The fourth-order valence-electron chi connectivity index (χ4n) is 2.15. The predicted molar refractivity (Wildman–Crippen MR) is 72.2 cm³/mol. The van der Waals surface area contributed by atoms with Gasteiger partial charge < -0.3 is 14.4 Å². The Morgan fingerprint density at radius 3 is 2.74 bits per heavy atom. The molecular weight excluding hydrogens is 266 g/mol. The normalized spacial score (nSPS) is 22.7. The molecule has 1 N–H and O–H groups in total. The molecule has 19 heavy (non-hydrogen) atoms. The van der Waals surface area contributed by atoms with Gasteiger partial charge >= 0.3 is 5.97 Å². The number of thioether (sulfide) groups is 1. The Kier molecular flexibility index (Phi) is 4.19. The quantitative estimate of drug-likeness (QED) is 0.917. The molecule has 2 heterocycles. The topological polar surface area (TPSA) is 70.8 Å². The zero-order valence-electron chi connectivity index (χ0n) is 11.0. The van der Waals surface area contributed by atoms with E-state index in [1.165, 1.54) is 16.7 Å². The van der Waals surface area contributed by atoms with Crippen LogP contribution >= 0.6 is 11.8 Å². The monoisotopic (exact) mass is 283 g/mol. The first-order valence-corrected chi connectivity index (χ1v) is 7.39. The summed E-state index contributed by atoms with van der Waals surface area (Å²) >= 11 is 1.51. The molecule has 104 valence electrons. The maximum Gasteiger partial charge on any atom is 0.327 e. The third-order valence-electron chi connectivity index (χ3n) is 3.18. The SMILES string of the molecule is CCc1ccc(C(=O)N2C(CC)SCC2C(=O)O)o1. The third kappa shape index (κ3) is 2.63. The number of carbonyl (C=O) groups excluding carboxylic acids is 1. The molecule has 1 saturated heterocycles. The van der Waals surface area contributed by atoms with Crippen LogP contribution in [0.2, 0.25) is 0 Å². The van der Waals surface area contributed by atoms with Crippen LogP contribution in [0, 0.1) is 0 Å². The number of carbonyl (C=O) groups is 2. The van der Waals surface area contributed by atoms with Crippen LogP contribution < -0.4 is 0 Å². The standard InChI is InChI=1S/C13H17NO4S/c1-3-8-5-6-10(18-8)12(15)14-9(13(16)17)7-19-11(14)4-2/h5-6,9,11H,3-4,7H2,1-2H3,(H,16,17). The summed E-state index contributed by atoms with van der Waals surface area (Å²) in [6.07, 6.45) is 1.43. The summed E-state index contributed by atoms with van der Waals surface area (Å²) in [5.41, 5.74) is 0. The molecule has 0 aromatic carbocycles. The molecule has 1 amide bonds. The molecule has 5 nitrogen and oxygen atoms in total. The van der Waals surface area contributed by atoms with Crippen LogP contribution in [0.1, 0.15) is 36.6 Å². The van der Waals surface area contributed by atoms with Gasteiger partial charge in [0.25, 0.3) is 5.91 Å². The van der Waals surface area contributed by atoms with E-state index in [0.29, 0.717) is 12.2 Å². The van der Waals surface area contributed by atoms with Gasteiger partial charge in [0.15, 0.2) is 5.76 Å². The van der Waals surface area contributed by atoms with Crippen molar-refractivity contribution in [3.05, 3.63) is 23.7 Å². The number of hydrogen-bond donors (Lipinski definition) is 1. The first kappa shape index (κ1) is 14.0. The van der Waals surface area contributed by atoms with E-state index in [2.05, 4.69) is 0 Å². The highest BCUT2D eigenvalue weighted by Crippen LogP contribution is 2.32. The van der Waals surface area contributed by atoms with E-state index in [9.17, 15) is 14.7 Å². The van der Waals surface area contributed by atoms with E-state index >= 15 is 0 Å². The minimum Gasteiger partial charge on any atom is -0.480 e. The van der Waals surface area contributed by atoms with Gasteiger partial charge in [0.1, 0.15) is 11.8 Å². The molecule has 2 unspecified atom stereocenters. The van der Waals surface area contributed by atoms with Crippen LogP contribution in [-0.2, 0) is 11.2 Å². The molecule has 1 aromatic rings. The van der Waals surface area contributed by atoms with Gasteiger partial charge in [-0.05, 0) is 18.6 Å². The van der Waals surface area contributed by atoms with Gasteiger partial charge in [-0.15, -0.1) is 11.8 Å². The van der Waals surface area contributed by atoms with Crippen LogP contribution in [0.3, 0.4) is 0 Å². The van der Waals surface area contributed by atoms with E-state index in [-0.39, 0.29) is 17.0 Å². The van der Waals surface area contributed by atoms with Crippen LogP contribution in [0.4, 0.5) is 0 Å². The second kappa shape index (κ2) is 5.69. The Balaban J connectivity index is 2.25. The number of aryl methyl sites for hydroxylation is 1. The van der Waals surface area contributed by atoms with Crippen molar-refractivity contribution < 1.29 is 19.1 Å². The average molecular weight is 283 g/mol. The maximum atomic E-state index is 12.4. The second-order valence-electron chi connectivity index (χ2n) is 4.38. The number of rotatable bonds is 4. The summed E-state index contributed by atoms with van der Waals surface area (Å²) in [5.74, 6) is 0.100. The molecule has 2 atom stereocenters. The van der Waals surface area contributed by atoms with E-state index in [1.807, 2.05) is 13.8 Å². The molecule has 1 fully saturated rings. The molecule has 1 aromatic heterocycles. The van der Waals surface area contributed by atoms with Gasteiger partial charge in [-0.3, -0.25) is 4.79 Å². The van der Waals surface area contributed by atoms with E-state index in [1.54, 1.807) is 12.1 Å². The summed E-state index contributed by atoms with van der Waals surface area (Å²) in [4.78, 5) is 25.1. The summed E-state index contributed by atoms with van der Waals surface area (Å²) < 4.78 is 5.43. The van der Waals surface area contributed by atoms with Gasteiger partial charge in [-0.25, -0.2) is 4.79 Å². The number of hydrogen-bond acceptors (Lipinski definition) is 4. The number of carboxylic acid groups (broad SMARTS) is 1. The van der Waals surface area contributed by atoms with E-state index in [0.717, 1.165) is 12.2 Å². The van der Waals surface area contributed by atoms with E-state index < -0.39 is 12.0 Å². The Morgan fingerprint density at radius 2 is 2.21 bits per heavy atom. The third-order valence-corrected chi connectivity index (χ3v) is 4.64. The van der Waals surface area contributed by atoms with Crippen molar-refractivity contribution in [1.82, 2.24) is 4.90 Å². The molecule has 1 aliphatic rings. The van der Waals surface area contributed by atoms with E-state index in [4.69, 9.17) is 4.42 Å². The first-order chi connectivity index (χ1) is 9.08. The summed E-state index contributed by atoms with van der Waals surface area (Å²) in [6.45, 7) is 3.88. The smallest absolute Gasteiger partial charge is 0.327 e. The highest BCUT2D eigenvalue weighted by atomic mass is 32.2. The van der Waals surface area contributed by atoms with Gasteiger partial charge in [0, 0.05) is 12.2 Å². The van der Waals surface area contributed by atoms with Crippen molar-refractivity contribution in [2.45, 2.75) is 38.1 Å². The summed E-state index contributed by atoms with van der Waals surface area (Å²) in [5, 5.41) is 9.11. The Labute approximate surface area is 116 Å². The molecule has 0 aliphatic carbocycles. The minimum absolute atomic E-state index is 0.0937. The number of furan rings is 1. The van der Waals surface area contributed by atoms with Crippen molar-refractivity contribution in [3.8, 4) is 0 Å². The van der Waals surface area contributed by atoms with Gasteiger partial charge in [0.05, 0.1) is 5.37 Å². The summed E-state index contributed by atoms with van der Waals surface area (Å²) in [6, 6.07) is 2.61. The van der Waals surface area contributed by atoms with Crippen LogP contribution in [0.25, 0.3) is 0 Å². The van der Waals surface area contributed by atoms with Crippen LogP contribution in [0.15, 0.2) is 16.5 Å². The van der Waals surface area contributed by atoms with Crippen LogP contribution in [0.5, 0.6) is 0 Å². The zero-order valence-corrected chi connectivity index (χ0v) is 11.8. The predicted octanol–water partition coefficient (Wildman–Crippen LogP) is 2.22. The maximum absolute atomic E-state index is 12.4. The lowest BCUT2D eigenvalue weighted by molar-refractivity contribution is -0.141. The molecule has 6 heteroatoms. The van der Waals surface area contributed by atoms with Crippen molar-refractivity contribution in [2.24, 2.45) is 0 Å². The molecule has 0 spiro atoms. The molecule has 0 bridgehead atoms. The first-order valence-electron chi connectivity index (χ1n) is 6.34. The highest BCUT2D eigenvalue weighted by Gasteiger charge is 2.41. The number of amides is 1. The highest BCUT2D eigenvalue weighted by molar-refractivity contribution is 8.00. The second-order valence-corrected chi connectivity index (χ2v) is 5.59. The number of carboxylic acids is 1. The van der Waals surface area contributed by atoms with Gasteiger partial charge in [-0.2, -0.15) is 0 Å². The lowest BCUT2D eigenvalue weighted by Gasteiger charge is -2.25. The fraction of sp³-hybridized carbons (Fsp3) is 0.538. The van der Waals surface area contributed by atoms with Crippen molar-refractivity contribution >= 4 is 23.6 Å². The van der Waals surface area contributed by atoms with Crippen molar-refractivity contribution in [2.75, 3.05) is 5.75 Å². The lowest BCUT2D eigenvalue weighted by atomic mass is 10.2. The molecule has 1 aliphatic heterocycles. The Hall–Kier alpha value is -1.43. The minimum atomic E-state index is -0.959. The zero-order chi connectivity index (χ0) is 14.0. The average Bonchev–Trinajstić information content (AvgIpc) is 3.03. The molecule has 0 saturated carbocycles. The van der Waals surface area contributed by atoms with Crippen molar-refractivity contribution in [1.29, 1.82) is 0 Å². The van der Waals surface area contributed by atoms with Crippen LogP contribution in [-0.4, -0.2) is 39.1 Å². The van der Waals surface area contributed by atoms with Gasteiger partial charge in [0.2, 0.25) is 0 Å². The largest absolute Gasteiger partial charge is 0.480 e. The molecule has 0 radical (unpaired) electrons. The number of nitrogens with zero attached hydrogens (tertiary/aromatic N) is 1.